The van der Waals surface area contributed by atoms with Gasteiger partial charge >= 0.3 is 12.0 Å². The van der Waals surface area contributed by atoms with Crippen molar-refractivity contribution in [2.45, 2.75) is 25.4 Å². The Balaban J connectivity index is 1.26. The molecule has 4 rings (SSSR count). The number of aliphatic carboxylic acids is 1. The number of nitrogens with zero attached hydrogens (tertiary/aromatic N) is 1. The Labute approximate surface area is 228 Å². The average Bonchev–Trinajstić information content (AvgIpc) is 3.36. The van der Waals surface area contributed by atoms with Gasteiger partial charge < -0.3 is 21.1 Å². The van der Waals surface area contributed by atoms with E-state index in [4.69, 9.17) is 0 Å². The lowest BCUT2D eigenvalue weighted by Gasteiger charge is -2.19. The smallest absolute Gasteiger partial charge is 0.321 e. The van der Waals surface area contributed by atoms with Gasteiger partial charge in [-0.15, -0.1) is 11.3 Å². The summed E-state index contributed by atoms with van der Waals surface area (Å²) in [5.41, 5.74) is 2.08. The van der Waals surface area contributed by atoms with E-state index in [1.54, 1.807) is 11.4 Å². The van der Waals surface area contributed by atoms with Crippen molar-refractivity contribution >= 4 is 51.1 Å². The number of carbonyl (C=O) groups excluding carboxylic acids is 3. The SMILES string of the molecule is O=C(O)CC(NC(=O)CNC(=O)Cc1csc(NC(=O)NCc2ccccc2)n1)c1cccc2ccccc12. The third kappa shape index (κ3) is 8.11. The molecule has 0 aliphatic carbocycles. The fourth-order valence-corrected chi connectivity index (χ4v) is 4.69. The molecule has 0 fully saturated rings. The van der Waals surface area contributed by atoms with Crippen LogP contribution in [0.2, 0.25) is 0 Å². The van der Waals surface area contributed by atoms with Crippen LogP contribution in [0.4, 0.5) is 9.93 Å². The van der Waals surface area contributed by atoms with Crippen LogP contribution in [0, 0.1) is 0 Å². The number of hydrogen-bond donors (Lipinski definition) is 5. The van der Waals surface area contributed by atoms with Gasteiger partial charge in [0.25, 0.3) is 0 Å². The molecule has 0 saturated heterocycles. The number of carboxylic acids is 1. The molecule has 1 unspecified atom stereocenters. The normalized spacial score (nSPS) is 11.4. The average molecular weight is 546 g/mol. The van der Waals surface area contributed by atoms with Crippen molar-refractivity contribution in [3.63, 3.8) is 0 Å². The predicted molar refractivity (Wildman–Crippen MR) is 148 cm³/mol. The molecule has 1 atom stereocenters. The Morgan fingerprint density at radius 2 is 1.62 bits per heavy atom. The van der Waals surface area contributed by atoms with E-state index in [1.807, 2.05) is 66.7 Å². The van der Waals surface area contributed by atoms with Crippen molar-refractivity contribution in [1.29, 1.82) is 0 Å². The molecule has 0 radical (unpaired) electrons. The summed E-state index contributed by atoms with van der Waals surface area (Å²) in [7, 11) is 0. The van der Waals surface area contributed by atoms with Gasteiger partial charge in [0, 0.05) is 11.9 Å². The Morgan fingerprint density at radius 3 is 2.41 bits per heavy atom. The van der Waals surface area contributed by atoms with Crippen molar-refractivity contribution < 1.29 is 24.3 Å². The molecule has 4 amide bonds. The van der Waals surface area contributed by atoms with E-state index in [2.05, 4.69) is 26.3 Å². The van der Waals surface area contributed by atoms with Crippen LogP contribution in [0.15, 0.2) is 78.2 Å². The summed E-state index contributed by atoms with van der Waals surface area (Å²) in [4.78, 5) is 52.8. The number of thiazole rings is 1. The Kier molecular flexibility index (Phi) is 9.20. The monoisotopic (exact) mass is 545 g/mol. The van der Waals surface area contributed by atoms with Gasteiger partial charge in [0.15, 0.2) is 5.13 Å². The lowest BCUT2D eigenvalue weighted by molar-refractivity contribution is -0.138. The number of rotatable bonds is 11. The predicted octanol–water partition coefficient (Wildman–Crippen LogP) is 3.61. The van der Waals surface area contributed by atoms with E-state index in [9.17, 15) is 24.3 Å². The standard InChI is InChI=1S/C28H27N5O5S/c34-24(13-20-17-39-28(31-20)33-27(38)30-15-18-7-2-1-3-8-18)29-16-25(35)32-23(14-26(36)37)22-12-6-10-19-9-4-5-11-21(19)22/h1-12,17,23H,13-16H2,(H,29,34)(H,32,35)(H,36,37)(H2,30,31,33,38). The van der Waals surface area contributed by atoms with Gasteiger partial charge in [-0.1, -0.05) is 72.8 Å². The van der Waals surface area contributed by atoms with Gasteiger partial charge in [0.1, 0.15) is 0 Å². The maximum absolute atomic E-state index is 12.6. The molecule has 3 aromatic carbocycles. The second-order valence-electron chi connectivity index (χ2n) is 8.68. The number of anilines is 1. The van der Waals surface area contributed by atoms with E-state index in [0.29, 0.717) is 22.9 Å². The Morgan fingerprint density at radius 1 is 0.872 bits per heavy atom. The topological polar surface area (TPSA) is 150 Å². The van der Waals surface area contributed by atoms with E-state index >= 15 is 0 Å². The third-order valence-corrected chi connectivity index (χ3v) is 6.58. The molecule has 0 spiro atoms. The number of benzene rings is 3. The van der Waals surface area contributed by atoms with Gasteiger partial charge in [0.05, 0.1) is 31.1 Å². The zero-order chi connectivity index (χ0) is 27.6. The number of hydrogen-bond acceptors (Lipinski definition) is 6. The molecule has 5 N–H and O–H groups in total. The Bertz CT molecular complexity index is 1470. The van der Waals surface area contributed by atoms with Crippen LogP contribution in [-0.4, -0.2) is 40.5 Å². The van der Waals surface area contributed by atoms with Crippen molar-refractivity contribution in [1.82, 2.24) is 20.9 Å². The molecule has 0 saturated carbocycles. The van der Waals surface area contributed by atoms with E-state index in [0.717, 1.165) is 16.3 Å². The third-order valence-electron chi connectivity index (χ3n) is 5.77. The number of carboxylic acid groups (broad SMARTS) is 1. The van der Waals surface area contributed by atoms with Gasteiger partial charge in [-0.05, 0) is 21.9 Å². The molecule has 1 aromatic heterocycles. The number of aromatic nitrogens is 1. The molecule has 11 heteroatoms. The first-order valence-corrected chi connectivity index (χ1v) is 13.0. The van der Waals surface area contributed by atoms with Crippen molar-refractivity contribution in [3.8, 4) is 0 Å². The quantitative estimate of drug-likeness (QED) is 0.194. The van der Waals surface area contributed by atoms with Crippen LogP contribution in [0.25, 0.3) is 10.8 Å². The number of urea groups is 1. The minimum absolute atomic E-state index is 0.0844. The molecule has 0 aliphatic rings. The summed E-state index contributed by atoms with van der Waals surface area (Å²) in [6.07, 6.45) is -0.389. The number of fused-ring (bicyclic) bond motifs is 1. The van der Waals surface area contributed by atoms with E-state index in [1.165, 1.54) is 11.3 Å². The maximum Gasteiger partial charge on any atom is 0.321 e. The summed E-state index contributed by atoms with van der Waals surface area (Å²) in [6.45, 7) is 0.0417. The van der Waals surface area contributed by atoms with E-state index < -0.39 is 29.9 Å². The van der Waals surface area contributed by atoms with Crippen LogP contribution in [0.5, 0.6) is 0 Å². The van der Waals surface area contributed by atoms with Crippen LogP contribution in [-0.2, 0) is 27.3 Å². The molecule has 39 heavy (non-hydrogen) atoms. The molecule has 4 aromatic rings. The maximum atomic E-state index is 12.6. The van der Waals surface area contributed by atoms with Crippen molar-refractivity contribution in [3.05, 3.63) is 95.0 Å². The van der Waals surface area contributed by atoms with Crippen LogP contribution in [0.3, 0.4) is 0 Å². The summed E-state index contributed by atoms with van der Waals surface area (Å²) in [5, 5.41) is 23.8. The summed E-state index contributed by atoms with van der Waals surface area (Å²) in [5.74, 6) is -2.01. The van der Waals surface area contributed by atoms with Gasteiger partial charge in [-0.2, -0.15) is 0 Å². The second kappa shape index (κ2) is 13.2. The lowest BCUT2D eigenvalue weighted by Crippen LogP contribution is -2.39. The van der Waals surface area contributed by atoms with Gasteiger partial charge in [-0.3, -0.25) is 19.7 Å². The highest BCUT2D eigenvalue weighted by atomic mass is 32.1. The van der Waals surface area contributed by atoms with Crippen LogP contribution >= 0.6 is 11.3 Å². The second-order valence-corrected chi connectivity index (χ2v) is 9.54. The largest absolute Gasteiger partial charge is 0.481 e. The summed E-state index contributed by atoms with van der Waals surface area (Å²) >= 11 is 1.18. The fourth-order valence-electron chi connectivity index (χ4n) is 3.98. The minimum Gasteiger partial charge on any atom is -0.481 e. The zero-order valence-electron chi connectivity index (χ0n) is 20.8. The summed E-state index contributed by atoms with van der Waals surface area (Å²) < 4.78 is 0. The van der Waals surface area contributed by atoms with Crippen LogP contribution < -0.4 is 21.3 Å². The number of amides is 4. The first-order chi connectivity index (χ1) is 18.9. The highest BCUT2D eigenvalue weighted by molar-refractivity contribution is 7.13. The number of nitrogens with one attached hydrogen (secondary N) is 4. The van der Waals surface area contributed by atoms with Crippen molar-refractivity contribution in [2.75, 3.05) is 11.9 Å². The lowest BCUT2D eigenvalue weighted by atomic mass is 9.96. The molecular weight excluding hydrogens is 518 g/mol. The minimum atomic E-state index is -1.06. The molecule has 0 aliphatic heterocycles. The van der Waals surface area contributed by atoms with Crippen LogP contribution in [0.1, 0.15) is 29.3 Å². The van der Waals surface area contributed by atoms with E-state index in [-0.39, 0.29) is 19.4 Å². The highest BCUT2D eigenvalue weighted by Crippen LogP contribution is 2.26. The molecule has 200 valence electrons. The van der Waals surface area contributed by atoms with Crippen molar-refractivity contribution in [2.24, 2.45) is 0 Å². The highest BCUT2D eigenvalue weighted by Gasteiger charge is 2.20. The first-order valence-electron chi connectivity index (χ1n) is 12.2. The molecule has 0 bridgehead atoms. The number of carbonyl (C=O) groups is 4. The fraction of sp³-hybridized carbons (Fsp3) is 0.179. The van der Waals surface area contributed by atoms with Gasteiger partial charge in [-0.25, -0.2) is 9.78 Å². The molecular formula is C28H27N5O5S. The molecule has 10 nitrogen and oxygen atoms in total. The first kappa shape index (κ1) is 27.3. The molecule has 1 heterocycles. The zero-order valence-corrected chi connectivity index (χ0v) is 21.7. The Hall–Kier alpha value is -4.77. The van der Waals surface area contributed by atoms with Gasteiger partial charge in [0.2, 0.25) is 11.8 Å². The summed E-state index contributed by atoms with van der Waals surface area (Å²) in [6, 6.07) is 21.3.